The molecular weight excluding hydrogens is 2610 g/mol. The van der Waals surface area contributed by atoms with Crippen molar-refractivity contribution in [2.24, 2.45) is 37.2 Å². The molecule has 11 rings (SSSR count). The van der Waals surface area contributed by atoms with Crippen LogP contribution in [0.4, 0.5) is 115 Å². The van der Waals surface area contributed by atoms with Crippen molar-refractivity contribution in [1.29, 1.82) is 5.41 Å². The predicted octanol–water partition coefficient (Wildman–Crippen LogP) is 27.1. The van der Waals surface area contributed by atoms with Gasteiger partial charge in [0.1, 0.15) is 16.8 Å². The number of hydrogen-bond acceptors (Lipinski definition) is 25. The number of nitrogens with zero attached hydrogens (tertiary/aromatic N) is 4. The van der Waals surface area contributed by atoms with Crippen LogP contribution in [0.5, 0.6) is 0 Å². The molecule has 5 atom stereocenters. The maximum atomic E-state index is 12.6. The second-order valence-corrected chi connectivity index (χ2v) is 46.8. The van der Waals surface area contributed by atoms with E-state index in [1.807, 2.05) is 80.9 Å². The minimum absolute atomic E-state index is 0. The van der Waals surface area contributed by atoms with Gasteiger partial charge < -0.3 is 69.8 Å². The van der Waals surface area contributed by atoms with Gasteiger partial charge in [0.25, 0.3) is 0 Å². The van der Waals surface area contributed by atoms with Crippen molar-refractivity contribution in [3.63, 3.8) is 0 Å². The first-order valence-corrected chi connectivity index (χ1v) is 53.2. The highest BCUT2D eigenvalue weighted by Crippen LogP contribution is 2.44. The lowest BCUT2D eigenvalue weighted by molar-refractivity contribution is -0.167. The van der Waals surface area contributed by atoms with Gasteiger partial charge >= 0.3 is 72.6 Å². The molecule has 4 heterocycles. The standard InChI is InChI=1S/C18H21BrF3N3O3S.C16H22BrN3O2S.2C13H13BrF3N3OS.C12H11BrF3NO2.C11H14BrN3S.C10H7BrF3NO2.2ClH/c1-16(2,3)28-15(27)24-14-25-17(4,5-6-29-14)10-7-11(19)9-12(8-10)23-13(26)18(20,21)22;1-15(2,3)22-14(21)19-13-20-16(4,5-6-23-13)10-7-11(17)9-12(18)8-10;1-12(2-3-22-11(18)20-12)7-4-8(14)6-9(5-7)19-10(21)13(15,16)17;1-7(2-3-22-12(18)19)8-4-9(14)6-10(5-8)20-11(21)13(15,16)17;1-3-11(2,19)7-4-8(13)6-9(5-7)17-10(18)12(14,15)16;1-11(2-3-16-10(14)15-11)7-4-8(12)6-9(13)5-7;1-5(16)6-2-7(11)4-8(3-6)15-9(17)10(12,13)14;;/h7-9H,5-6H2,1-4H3,(H,23,26)(H,24,25,27);7-9H,5-6,18H2,1-4H3,(H,19,20,21);4-6H,2-3H2,1H3,(H2,18,20)(H,19,21);2,4-6H,3H2,1H3,(H3,18,19)(H,20,21);3-6,19H,1H2,2H3,(H,17,18);4-6H,2-3,13H2,1H3,(H2,14,15);2-4H,1H3,(H,15,17);2*1H/b;;;7-2+;;;;;. The number of hydrogen-bond donors (Lipinski definition) is 14. The summed E-state index contributed by atoms with van der Waals surface area (Å²) in [5.74, 6) is -6.83. The Balaban J connectivity index is 0.000000452. The van der Waals surface area contributed by atoms with Crippen molar-refractivity contribution in [3.05, 3.63) is 216 Å². The number of benzene rings is 7. The number of nitrogen functional groups attached to an aromatic ring is 2. The number of amides is 7. The number of thioether (sulfide) groups is 5. The molecule has 19 N–H and O–H groups in total. The van der Waals surface area contributed by atoms with Gasteiger partial charge in [0.05, 0.1) is 22.2 Å². The Morgan fingerprint density at radius 2 is 0.673 bits per heavy atom. The summed E-state index contributed by atoms with van der Waals surface area (Å²) in [5.41, 5.74) is 30.5. The van der Waals surface area contributed by atoms with Crippen LogP contribution in [-0.4, -0.2) is 149 Å². The van der Waals surface area contributed by atoms with E-state index in [2.05, 4.69) is 157 Å². The average Bonchev–Trinajstić information content (AvgIpc) is 0.782. The fraction of sp³-hybridized carbons (Fsp3) is 0.366. The van der Waals surface area contributed by atoms with Gasteiger partial charge in [-0.05, 0) is 282 Å². The number of aliphatic imine (C=N–C) groups is 4. The van der Waals surface area contributed by atoms with Gasteiger partial charge in [0.15, 0.2) is 31.6 Å². The van der Waals surface area contributed by atoms with Crippen LogP contribution >= 0.6 is 195 Å². The molecule has 824 valence electrons. The Kier molecular flexibility index (Phi) is 51.8. The van der Waals surface area contributed by atoms with E-state index in [1.54, 1.807) is 81.3 Å². The number of nitrogens with one attached hydrogen (secondary N) is 8. The van der Waals surface area contributed by atoms with Gasteiger partial charge in [-0.1, -0.05) is 189 Å². The number of Topliss-reactive ketones (excluding diaryl/α,β-unsaturated/α-hetero) is 1. The lowest BCUT2D eigenvalue weighted by Crippen LogP contribution is -2.38. The van der Waals surface area contributed by atoms with Crippen LogP contribution in [0, 0.1) is 5.41 Å². The van der Waals surface area contributed by atoms with Crippen LogP contribution in [0.3, 0.4) is 0 Å². The van der Waals surface area contributed by atoms with E-state index in [1.165, 1.54) is 128 Å². The number of carbonyl (C=O) groups excluding carboxylic acids is 8. The Morgan fingerprint density at radius 3 is 0.960 bits per heavy atom. The van der Waals surface area contributed by atoms with E-state index in [4.69, 9.17) is 48.5 Å². The lowest BCUT2D eigenvalue weighted by atomic mass is 9.89. The van der Waals surface area contributed by atoms with E-state index in [9.17, 15) is 109 Å². The summed E-state index contributed by atoms with van der Waals surface area (Å²) in [5, 5.41) is 33.3. The fourth-order valence-electron chi connectivity index (χ4n) is 12.4. The first-order valence-electron chi connectivity index (χ1n) is 42.7. The maximum Gasteiger partial charge on any atom is 0.471 e. The van der Waals surface area contributed by atoms with E-state index < -0.39 is 106 Å². The third-order valence-corrected chi connectivity index (χ3v) is 27.0. The zero-order chi connectivity index (χ0) is 113. The summed E-state index contributed by atoms with van der Waals surface area (Å²) in [6.45, 7) is 26.4. The minimum atomic E-state index is -4.99. The first kappa shape index (κ1) is 136. The van der Waals surface area contributed by atoms with E-state index in [0.717, 1.165) is 73.2 Å². The number of alkyl halides is 15. The van der Waals surface area contributed by atoms with Gasteiger partial charge in [-0.25, -0.2) is 9.59 Å². The summed E-state index contributed by atoms with van der Waals surface area (Å²) >= 11 is 29.8. The third kappa shape index (κ3) is 47.1. The highest BCUT2D eigenvalue weighted by molar-refractivity contribution is 9.11. The van der Waals surface area contributed by atoms with E-state index >= 15 is 0 Å². The smallest absolute Gasteiger partial charge is 0.444 e. The van der Waals surface area contributed by atoms with Crippen molar-refractivity contribution < 1.29 is 119 Å². The Labute approximate surface area is 946 Å². The van der Waals surface area contributed by atoms with E-state index in [0.29, 0.717) is 95.3 Å². The molecule has 0 saturated heterocycles. The van der Waals surface area contributed by atoms with Crippen molar-refractivity contribution in [2.45, 2.75) is 186 Å². The van der Waals surface area contributed by atoms with Gasteiger partial charge in [-0.2, -0.15) is 65.9 Å². The number of ketones is 1. The number of carbonyl (C=O) groups is 8. The Morgan fingerprint density at radius 1 is 0.407 bits per heavy atom. The Hall–Kier alpha value is -8.47. The van der Waals surface area contributed by atoms with Crippen LogP contribution in [-0.2, 0) is 61.2 Å². The summed E-state index contributed by atoms with van der Waals surface area (Å²) in [4.78, 5) is 108. The van der Waals surface area contributed by atoms with Gasteiger partial charge in [0.2, 0.25) is 0 Å². The molecule has 0 radical (unpaired) electrons. The first-order chi connectivity index (χ1) is 67.7. The van der Waals surface area contributed by atoms with Crippen LogP contribution < -0.4 is 65.9 Å². The molecule has 7 aromatic carbocycles. The normalized spacial score (nSPS) is 18.0. The number of nitrogens with two attached hydrogens (primary N) is 5. The number of aliphatic hydroxyl groups is 1. The lowest BCUT2D eigenvalue weighted by Gasteiger charge is -2.31. The van der Waals surface area contributed by atoms with Crippen LogP contribution in [0.1, 0.15) is 159 Å². The second-order valence-electron chi connectivity index (χ2n) is 34.9. The number of alkyl carbamates (subject to hydrolysis) is 2. The molecule has 5 unspecified atom stereocenters. The molecule has 0 bridgehead atoms. The molecule has 28 nitrogen and oxygen atoms in total. The molecule has 0 aliphatic carbocycles. The quantitative estimate of drug-likeness (QED) is 0.0113. The molecule has 4 aliphatic rings. The van der Waals surface area contributed by atoms with Gasteiger partial charge in [-0.15, -0.1) is 24.8 Å². The fourth-order valence-corrected chi connectivity index (χ4v) is 20.6. The molecule has 150 heavy (non-hydrogen) atoms. The molecule has 0 saturated carbocycles. The van der Waals surface area contributed by atoms with Crippen molar-refractivity contribution in [1.82, 2.24) is 10.6 Å². The highest BCUT2D eigenvalue weighted by atomic mass is 79.9. The van der Waals surface area contributed by atoms with Gasteiger partial charge in [0, 0.05) is 105 Å². The topological polar surface area (TPSA) is 463 Å². The summed E-state index contributed by atoms with van der Waals surface area (Å²) in [6.07, 6.45) is -19.8. The number of amidine groups is 5. The van der Waals surface area contributed by atoms with Crippen molar-refractivity contribution in [3.8, 4) is 0 Å². The monoisotopic (exact) mass is 2700 g/mol. The molecule has 0 aromatic heterocycles. The molecule has 0 spiro atoms. The van der Waals surface area contributed by atoms with Crippen molar-refractivity contribution in [2.75, 3.05) is 66.8 Å². The summed E-state index contributed by atoms with van der Waals surface area (Å²) in [6, 6.07) is 33.4. The molecular formula is C93H103Br7Cl2F15N17O11S5. The number of ether oxygens (including phenoxy) is 2. The molecule has 7 amide bonds. The second kappa shape index (κ2) is 57.3. The number of anilines is 7. The summed E-state index contributed by atoms with van der Waals surface area (Å²) < 4.78 is 199. The van der Waals surface area contributed by atoms with Crippen LogP contribution in [0.2, 0.25) is 0 Å². The highest BCUT2D eigenvalue weighted by Gasteiger charge is 2.45. The van der Waals surface area contributed by atoms with Crippen molar-refractivity contribution >= 4 is 314 Å². The van der Waals surface area contributed by atoms with Crippen LogP contribution in [0.15, 0.2) is 197 Å². The molecule has 4 aliphatic heterocycles. The molecule has 57 heteroatoms. The molecule has 0 fully saturated rings. The third-order valence-electron chi connectivity index (χ3n) is 19.8. The zero-order valence-electron chi connectivity index (χ0n) is 81.2. The zero-order valence-corrected chi connectivity index (χ0v) is 98.0. The average molecular weight is 2710 g/mol. The minimum Gasteiger partial charge on any atom is -0.444 e. The SMILES string of the molecule is C/C(=C\CSC(=N)N)c1cc(Br)cc(NC(=O)C(F)(F)F)c1.C=CC(C)(O)c1cc(Br)cc(NC(=O)C(F)(F)F)c1.CC(=O)c1cc(Br)cc(NC(=O)C(F)(F)F)c1.CC(C)(C)OC(=O)NC1=NC(C)(c2cc(Br)cc(NC(=O)C(F)(F)F)c2)CCS1.CC(C)(C)OC(=O)NC1=NC(C)(c2cc(N)cc(Br)c2)CCS1.CC1(c2cc(Br)cc(NC(=O)C(F)(F)F)c2)CCSC(N)=N1.CC1(c2cc(N)cc(Br)c2)CCSC(N)=N1.Cl.Cl. The van der Waals surface area contributed by atoms with E-state index in [-0.39, 0.29) is 75.3 Å². The molecule has 7 aromatic rings. The van der Waals surface area contributed by atoms with Gasteiger partial charge in [-0.3, -0.25) is 64.8 Å². The number of halogens is 24. The Bertz CT molecular complexity index is 6190. The van der Waals surface area contributed by atoms with Crippen LogP contribution in [0.25, 0.3) is 5.57 Å². The summed E-state index contributed by atoms with van der Waals surface area (Å²) in [7, 11) is 0. The largest absolute Gasteiger partial charge is 0.471 e. The maximum absolute atomic E-state index is 12.6. The predicted molar refractivity (Wildman–Crippen MR) is 598 cm³/mol. The number of allylic oxidation sites excluding steroid dienone is 1. The number of rotatable bonds is 15.